The lowest BCUT2D eigenvalue weighted by Crippen LogP contribution is -1.79. The van der Waals surface area contributed by atoms with Crippen LogP contribution in [0.15, 0.2) is 12.1 Å². The van der Waals surface area contributed by atoms with Crippen LogP contribution in [0.3, 0.4) is 0 Å². The molecule has 2 aromatic rings. The SMILES string of the molecule is Cc1cc2n[n-]nc2cc1C. The average molecular weight is 146 g/mol. The second-order valence-corrected chi connectivity index (χ2v) is 2.71. The van der Waals surface area contributed by atoms with E-state index in [9.17, 15) is 0 Å². The zero-order chi connectivity index (χ0) is 7.84. The Morgan fingerprint density at radius 2 is 1.45 bits per heavy atom. The van der Waals surface area contributed by atoms with Crippen molar-refractivity contribution < 1.29 is 0 Å². The van der Waals surface area contributed by atoms with Crippen molar-refractivity contribution >= 4 is 11.0 Å². The Balaban J connectivity index is 2.86. The molecular weight excluding hydrogens is 138 g/mol. The Labute approximate surface area is 64.4 Å². The fourth-order valence-corrected chi connectivity index (χ4v) is 1.06. The quantitative estimate of drug-likeness (QED) is 0.560. The molecule has 0 N–H and O–H groups in total. The molecule has 1 aromatic carbocycles. The smallest absolute Gasteiger partial charge is 0.0668 e. The summed E-state index contributed by atoms with van der Waals surface area (Å²) in [5, 5.41) is 11.3. The van der Waals surface area contributed by atoms with Gasteiger partial charge in [0.25, 0.3) is 0 Å². The maximum Gasteiger partial charge on any atom is 0.0668 e. The van der Waals surface area contributed by atoms with Crippen molar-refractivity contribution in [3.05, 3.63) is 23.3 Å². The van der Waals surface area contributed by atoms with E-state index in [1.54, 1.807) is 0 Å². The Hall–Kier alpha value is -1.38. The first-order valence-electron chi connectivity index (χ1n) is 3.50. The largest absolute Gasteiger partial charge is 0.492 e. The summed E-state index contributed by atoms with van der Waals surface area (Å²) in [7, 11) is 0. The molecular formula is C8H8N3-. The number of rotatable bonds is 0. The zero-order valence-electron chi connectivity index (χ0n) is 6.50. The molecule has 0 amide bonds. The number of hydrogen-bond acceptors (Lipinski definition) is 2. The van der Waals surface area contributed by atoms with E-state index in [1.807, 2.05) is 12.1 Å². The van der Waals surface area contributed by atoms with Crippen molar-refractivity contribution in [1.82, 2.24) is 15.4 Å². The van der Waals surface area contributed by atoms with Crippen LogP contribution in [0.1, 0.15) is 11.1 Å². The van der Waals surface area contributed by atoms with E-state index in [2.05, 4.69) is 29.3 Å². The van der Waals surface area contributed by atoms with Gasteiger partial charge in [0, 0.05) is 0 Å². The molecule has 0 aliphatic heterocycles. The molecule has 2 rings (SSSR count). The summed E-state index contributed by atoms with van der Waals surface area (Å²) in [5.41, 5.74) is 4.24. The van der Waals surface area contributed by atoms with Crippen molar-refractivity contribution in [3.63, 3.8) is 0 Å². The number of aromatic nitrogens is 3. The normalized spacial score (nSPS) is 10.7. The summed E-state index contributed by atoms with van der Waals surface area (Å²) in [6.45, 7) is 4.12. The molecule has 1 aromatic heterocycles. The highest BCUT2D eigenvalue weighted by molar-refractivity contribution is 5.75. The molecule has 56 valence electrons. The zero-order valence-corrected chi connectivity index (χ0v) is 6.50. The van der Waals surface area contributed by atoms with Gasteiger partial charge in [-0.2, -0.15) is 0 Å². The number of nitrogens with zero attached hydrogens (tertiary/aromatic N) is 3. The second kappa shape index (κ2) is 2.05. The molecule has 0 fully saturated rings. The van der Waals surface area contributed by atoms with Gasteiger partial charge in [0.15, 0.2) is 0 Å². The lowest BCUT2D eigenvalue weighted by molar-refractivity contribution is 0.928. The summed E-state index contributed by atoms with van der Waals surface area (Å²) in [4.78, 5) is 0. The molecule has 0 saturated heterocycles. The van der Waals surface area contributed by atoms with E-state index in [-0.39, 0.29) is 0 Å². The third-order valence-corrected chi connectivity index (χ3v) is 1.90. The topological polar surface area (TPSA) is 39.9 Å². The van der Waals surface area contributed by atoms with Crippen molar-refractivity contribution in [3.8, 4) is 0 Å². The van der Waals surface area contributed by atoms with Crippen molar-refractivity contribution in [2.75, 3.05) is 0 Å². The second-order valence-electron chi connectivity index (χ2n) is 2.71. The molecule has 0 atom stereocenters. The lowest BCUT2D eigenvalue weighted by atomic mass is 10.1. The third-order valence-electron chi connectivity index (χ3n) is 1.90. The van der Waals surface area contributed by atoms with E-state index < -0.39 is 0 Å². The minimum Gasteiger partial charge on any atom is -0.492 e. The van der Waals surface area contributed by atoms with Crippen LogP contribution in [0.4, 0.5) is 0 Å². The molecule has 0 unspecified atom stereocenters. The molecule has 3 heteroatoms. The first-order chi connectivity index (χ1) is 5.27. The number of benzene rings is 1. The van der Waals surface area contributed by atoms with Gasteiger partial charge < -0.3 is 15.4 Å². The summed E-state index contributed by atoms with van der Waals surface area (Å²) in [6, 6.07) is 4.01. The van der Waals surface area contributed by atoms with Crippen LogP contribution in [0.5, 0.6) is 0 Å². The predicted molar refractivity (Wildman–Crippen MR) is 42.3 cm³/mol. The van der Waals surface area contributed by atoms with E-state index in [0.717, 1.165) is 11.0 Å². The Bertz CT molecular complexity index is 353. The van der Waals surface area contributed by atoms with Crippen LogP contribution in [0.2, 0.25) is 0 Å². The van der Waals surface area contributed by atoms with Crippen LogP contribution in [-0.4, -0.2) is 10.2 Å². The van der Waals surface area contributed by atoms with Gasteiger partial charge >= 0.3 is 0 Å². The number of hydrogen-bond donors (Lipinski definition) is 0. The summed E-state index contributed by atoms with van der Waals surface area (Å²) in [6.07, 6.45) is 0. The van der Waals surface area contributed by atoms with E-state index in [0.29, 0.717) is 0 Å². The highest BCUT2D eigenvalue weighted by Gasteiger charge is 1.95. The number of fused-ring (bicyclic) bond motifs is 1. The minimum atomic E-state index is 0.883. The molecule has 3 nitrogen and oxygen atoms in total. The Morgan fingerprint density at radius 1 is 1.00 bits per heavy atom. The van der Waals surface area contributed by atoms with Crippen LogP contribution >= 0.6 is 0 Å². The molecule has 0 radical (unpaired) electrons. The highest BCUT2D eigenvalue weighted by atomic mass is 15.3. The fraction of sp³-hybridized carbons (Fsp3) is 0.250. The minimum absolute atomic E-state index is 0.883. The summed E-state index contributed by atoms with van der Waals surface area (Å²) in [5.74, 6) is 0. The van der Waals surface area contributed by atoms with Gasteiger partial charge in [0.05, 0.1) is 11.0 Å². The molecule has 0 spiro atoms. The molecule has 0 aliphatic carbocycles. The fourth-order valence-electron chi connectivity index (χ4n) is 1.06. The van der Waals surface area contributed by atoms with Crippen LogP contribution < -0.4 is 5.21 Å². The average Bonchev–Trinajstić information content (AvgIpc) is 2.36. The maximum atomic E-state index is 3.86. The maximum absolute atomic E-state index is 3.86. The van der Waals surface area contributed by atoms with Gasteiger partial charge in [-0.05, 0) is 37.1 Å². The monoisotopic (exact) mass is 146 g/mol. The van der Waals surface area contributed by atoms with Crippen LogP contribution in [0, 0.1) is 13.8 Å². The van der Waals surface area contributed by atoms with Crippen molar-refractivity contribution in [2.24, 2.45) is 0 Å². The molecule has 0 saturated carbocycles. The van der Waals surface area contributed by atoms with Crippen molar-refractivity contribution in [1.29, 1.82) is 0 Å². The Kier molecular flexibility index (Phi) is 1.18. The molecule has 11 heavy (non-hydrogen) atoms. The molecule has 0 bridgehead atoms. The van der Waals surface area contributed by atoms with Gasteiger partial charge in [0.1, 0.15) is 0 Å². The van der Waals surface area contributed by atoms with Crippen LogP contribution in [0.25, 0.3) is 11.0 Å². The first-order valence-corrected chi connectivity index (χ1v) is 3.50. The van der Waals surface area contributed by atoms with E-state index in [4.69, 9.17) is 0 Å². The first kappa shape index (κ1) is 6.34. The highest BCUT2D eigenvalue weighted by Crippen LogP contribution is 2.13. The van der Waals surface area contributed by atoms with Gasteiger partial charge in [-0.3, -0.25) is 0 Å². The predicted octanol–water partition coefficient (Wildman–Crippen LogP) is 1.20. The summed E-state index contributed by atoms with van der Waals surface area (Å²) < 4.78 is 0. The lowest BCUT2D eigenvalue weighted by Gasteiger charge is -1.97. The molecule has 0 aliphatic rings. The van der Waals surface area contributed by atoms with Gasteiger partial charge in [-0.1, -0.05) is 0 Å². The van der Waals surface area contributed by atoms with Crippen LogP contribution in [-0.2, 0) is 0 Å². The van der Waals surface area contributed by atoms with Gasteiger partial charge in [-0.15, -0.1) is 0 Å². The summed E-state index contributed by atoms with van der Waals surface area (Å²) >= 11 is 0. The van der Waals surface area contributed by atoms with Crippen molar-refractivity contribution in [2.45, 2.75) is 13.8 Å². The Morgan fingerprint density at radius 3 is 1.91 bits per heavy atom. The third kappa shape index (κ3) is 0.888. The number of aryl methyl sites for hydroxylation is 2. The van der Waals surface area contributed by atoms with Gasteiger partial charge in [0.2, 0.25) is 0 Å². The van der Waals surface area contributed by atoms with E-state index in [1.165, 1.54) is 11.1 Å². The van der Waals surface area contributed by atoms with Gasteiger partial charge in [-0.25, -0.2) is 0 Å². The standard InChI is InChI=1S/C8H8N3/c1-5-3-7-8(4-6(5)2)10-11-9-7/h3-4H,1-2H3/q-1. The molecule has 1 heterocycles. The van der Waals surface area contributed by atoms with E-state index >= 15 is 0 Å².